The molecule has 1 aromatic carbocycles. The van der Waals surface area contributed by atoms with Crippen molar-refractivity contribution < 1.29 is 14.6 Å². The van der Waals surface area contributed by atoms with Gasteiger partial charge in [0, 0.05) is 5.92 Å². The summed E-state index contributed by atoms with van der Waals surface area (Å²) in [5.41, 5.74) is 4.48. The number of phenols is 1. The second kappa shape index (κ2) is 5.34. The molecule has 1 aromatic rings. The van der Waals surface area contributed by atoms with Gasteiger partial charge in [-0.3, -0.25) is 0 Å². The number of hydrogen-bond donors (Lipinski definition) is 1. The van der Waals surface area contributed by atoms with Gasteiger partial charge in [0.1, 0.15) is 5.75 Å². The largest absolute Gasteiger partial charge is 0.508 e. The van der Waals surface area contributed by atoms with Crippen LogP contribution in [0.3, 0.4) is 0 Å². The number of ether oxygens (including phenoxy) is 2. The molecule has 5 rings (SSSR count). The van der Waals surface area contributed by atoms with Crippen molar-refractivity contribution in [1.82, 2.24) is 0 Å². The molecule has 0 bridgehead atoms. The molecule has 0 spiro atoms. The summed E-state index contributed by atoms with van der Waals surface area (Å²) in [6.45, 7) is 6.10. The zero-order valence-corrected chi connectivity index (χ0v) is 15.3. The first-order valence-electron chi connectivity index (χ1n) is 9.81. The fourth-order valence-electron chi connectivity index (χ4n) is 6.56. The highest BCUT2D eigenvalue weighted by Gasteiger charge is 2.59. The molecule has 0 amide bonds. The van der Waals surface area contributed by atoms with Gasteiger partial charge in [-0.25, -0.2) is 0 Å². The summed E-state index contributed by atoms with van der Waals surface area (Å²) in [4.78, 5) is 0. The van der Waals surface area contributed by atoms with Gasteiger partial charge in [0.15, 0.2) is 5.79 Å². The molecule has 3 heteroatoms. The van der Waals surface area contributed by atoms with E-state index in [9.17, 15) is 5.11 Å². The topological polar surface area (TPSA) is 38.7 Å². The minimum absolute atomic E-state index is 0.266. The maximum absolute atomic E-state index is 9.81. The smallest absolute Gasteiger partial charge is 0.169 e. The van der Waals surface area contributed by atoms with E-state index in [2.05, 4.69) is 26.0 Å². The van der Waals surface area contributed by atoms with Gasteiger partial charge < -0.3 is 14.6 Å². The molecular weight excluding hydrogens is 312 g/mol. The van der Waals surface area contributed by atoms with E-state index < -0.39 is 5.79 Å². The lowest BCUT2D eigenvalue weighted by molar-refractivity contribution is -0.206. The molecule has 134 valence electrons. The Labute approximate surface area is 150 Å². The Bertz CT molecular complexity index is 731. The van der Waals surface area contributed by atoms with Crippen LogP contribution in [0.15, 0.2) is 24.3 Å². The third-order valence-electron chi connectivity index (χ3n) is 7.67. The minimum atomic E-state index is -0.396. The fourth-order valence-corrected chi connectivity index (χ4v) is 6.56. The summed E-state index contributed by atoms with van der Waals surface area (Å²) < 4.78 is 12.1. The molecule has 1 saturated carbocycles. The van der Waals surface area contributed by atoms with Gasteiger partial charge in [0.05, 0.1) is 13.2 Å². The molecule has 1 N–H and O–H groups in total. The lowest BCUT2D eigenvalue weighted by Gasteiger charge is -2.49. The number of hydrogen-bond acceptors (Lipinski definition) is 3. The van der Waals surface area contributed by atoms with Gasteiger partial charge in [0.25, 0.3) is 0 Å². The normalized spacial score (nSPS) is 38.6. The molecule has 4 atom stereocenters. The Kier molecular flexibility index (Phi) is 3.40. The monoisotopic (exact) mass is 340 g/mol. The summed E-state index contributed by atoms with van der Waals surface area (Å²) in [6.07, 6.45) is 8.36. The van der Waals surface area contributed by atoms with Gasteiger partial charge in [-0.15, -0.1) is 0 Å². The van der Waals surface area contributed by atoms with Crippen molar-refractivity contribution in [1.29, 1.82) is 0 Å². The van der Waals surface area contributed by atoms with Crippen molar-refractivity contribution in [3.05, 3.63) is 35.4 Å². The van der Waals surface area contributed by atoms with E-state index in [1.165, 1.54) is 36.0 Å². The van der Waals surface area contributed by atoms with Crippen LogP contribution in [0.1, 0.15) is 50.7 Å². The molecule has 3 nitrogen and oxygen atoms in total. The van der Waals surface area contributed by atoms with Crippen molar-refractivity contribution in [2.75, 3.05) is 13.2 Å². The third kappa shape index (κ3) is 2.18. The number of phenolic OH excluding ortho intramolecular Hbond substituents is 1. The first-order chi connectivity index (χ1) is 12.0. The predicted octanol–water partition coefficient (Wildman–Crippen LogP) is 4.54. The predicted molar refractivity (Wildman–Crippen MR) is 97.1 cm³/mol. The highest BCUT2D eigenvalue weighted by molar-refractivity contribution is 5.73. The molecule has 25 heavy (non-hydrogen) atoms. The molecule has 4 aliphatic rings. The molecule has 0 aromatic heterocycles. The average molecular weight is 340 g/mol. The van der Waals surface area contributed by atoms with Crippen molar-refractivity contribution in [2.24, 2.45) is 23.2 Å². The van der Waals surface area contributed by atoms with Crippen LogP contribution in [-0.4, -0.2) is 24.1 Å². The van der Waals surface area contributed by atoms with Crippen LogP contribution in [0.25, 0.3) is 5.57 Å². The summed E-state index contributed by atoms with van der Waals surface area (Å²) in [5, 5.41) is 9.81. The Morgan fingerprint density at radius 2 is 1.88 bits per heavy atom. The Morgan fingerprint density at radius 1 is 1.08 bits per heavy atom. The Balaban J connectivity index is 1.52. The average Bonchev–Trinajstić information content (AvgIpc) is 3.18. The Hall–Kier alpha value is -1.32. The van der Waals surface area contributed by atoms with Crippen LogP contribution >= 0.6 is 0 Å². The quantitative estimate of drug-likeness (QED) is 0.816. The van der Waals surface area contributed by atoms with Crippen LogP contribution in [0.5, 0.6) is 5.75 Å². The molecule has 3 unspecified atom stereocenters. The van der Waals surface area contributed by atoms with Crippen LogP contribution < -0.4 is 0 Å². The van der Waals surface area contributed by atoms with E-state index in [0.717, 1.165) is 26.1 Å². The second-order valence-corrected chi connectivity index (χ2v) is 8.81. The van der Waals surface area contributed by atoms with E-state index in [4.69, 9.17) is 9.47 Å². The highest BCUT2D eigenvalue weighted by atomic mass is 16.7. The molecular formula is C22H28O3. The van der Waals surface area contributed by atoms with Crippen LogP contribution in [-0.2, 0) is 15.9 Å². The molecule has 1 aliphatic heterocycles. The summed E-state index contributed by atoms with van der Waals surface area (Å²) in [5.74, 6) is 1.83. The van der Waals surface area contributed by atoms with Gasteiger partial charge in [-0.2, -0.15) is 0 Å². The van der Waals surface area contributed by atoms with Gasteiger partial charge in [0.2, 0.25) is 0 Å². The van der Waals surface area contributed by atoms with Gasteiger partial charge in [-0.05, 0) is 85.1 Å². The maximum Gasteiger partial charge on any atom is 0.169 e. The van der Waals surface area contributed by atoms with Crippen molar-refractivity contribution in [3.8, 4) is 5.75 Å². The third-order valence-corrected chi connectivity index (χ3v) is 7.67. The first kappa shape index (κ1) is 15.9. The summed E-state index contributed by atoms with van der Waals surface area (Å²) in [7, 11) is 0. The van der Waals surface area contributed by atoms with Crippen LogP contribution in [0.4, 0.5) is 0 Å². The number of benzene rings is 1. The van der Waals surface area contributed by atoms with E-state index >= 15 is 0 Å². The van der Waals surface area contributed by atoms with Crippen LogP contribution in [0.2, 0.25) is 0 Å². The zero-order valence-electron chi connectivity index (χ0n) is 15.3. The van der Waals surface area contributed by atoms with Gasteiger partial charge in [-0.1, -0.05) is 19.1 Å². The number of fused-ring (bicyclic) bond motifs is 5. The lowest BCUT2D eigenvalue weighted by atomic mass is 9.57. The lowest BCUT2D eigenvalue weighted by Crippen LogP contribution is -2.47. The van der Waals surface area contributed by atoms with E-state index in [0.29, 0.717) is 23.5 Å². The van der Waals surface area contributed by atoms with E-state index in [1.807, 2.05) is 12.1 Å². The van der Waals surface area contributed by atoms with Crippen molar-refractivity contribution in [3.63, 3.8) is 0 Å². The zero-order chi connectivity index (χ0) is 17.2. The summed E-state index contributed by atoms with van der Waals surface area (Å²) >= 11 is 0. The number of aryl methyl sites for hydroxylation is 1. The standard InChI is InChI=1S/C22H28O3/c1-21-10-9-17-16-6-4-15(23)13-14(16)3-5-18(17)19(21)7-8-20(21)22(2)24-11-12-25-22/h4,6,9,13,18-20,23H,3,5,7-8,10-12H2,1-2H3/t18?,19?,20?,21-/m0/s1. The number of aromatic hydroxyl groups is 1. The van der Waals surface area contributed by atoms with Crippen molar-refractivity contribution in [2.45, 2.75) is 51.7 Å². The van der Waals surface area contributed by atoms with Crippen molar-refractivity contribution >= 4 is 5.57 Å². The fraction of sp³-hybridized carbons (Fsp3) is 0.636. The Morgan fingerprint density at radius 3 is 2.68 bits per heavy atom. The van der Waals surface area contributed by atoms with E-state index in [1.54, 1.807) is 0 Å². The molecule has 3 aliphatic carbocycles. The van der Waals surface area contributed by atoms with E-state index in [-0.39, 0.29) is 5.41 Å². The molecule has 1 heterocycles. The highest BCUT2D eigenvalue weighted by Crippen LogP contribution is 2.63. The SMILES string of the molecule is CC1(C2CCC3C4CCc5cc(O)ccc5C4=CC[C@@]32C)OCCO1. The molecule has 0 radical (unpaired) electrons. The maximum atomic E-state index is 9.81. The minimum Gasteiger partial charge on any atom is -0.508 e. The van der Waals surface area contributed by atoms with Crippen LogP contribution in [0, 0.1) is 23.2 Å². The second-order valence-electron chi connectivity index (χ2n) is 8.81. The van der Waals surface area contributed by atoms with Gasteiger partial charge >= 0.3 is 0 Å². The number of rotatable bonds is 1. The summed E-state index contributed by atoms with van der Waals surface area (Å²) in [6, 6.07) is 5.93. The first-order valence-corrected chi connectivity index (χ1v) is 9.81. The molecule has 2 fully saturated rings. The molecule has 1 saturated heterocycles. The number of allylic oxidation sites excluding steroid dienone is 2.